The van der Waals surface area contributed by atoms with Crippen LogP contribution in [0.25, 0.3) is 17.2 Å². The molecule has 37 heavy (non-hydrogen) atoms. The van der Waals surface area contributed by atoms with Crippen LogP contribution in [0, 0.1) is 6.92 Å². The van der Waals surface area contributed by atoms with Gasteiger partial charge < -0.3 is 14.3 Å². The number of allylic oxidation sites excluding steroid dienone is 1. The lowest BCUT2D eigenvalue weighted by Gasteiger charge is -2.12. The van der Waals surface area contributed by atoms with Crippen LogP contribution < -0.4 is 10.2 Å². The second-order valence-electron chi connectivity index (χ2n) is 8.48. The Morgan fingerprint density at radius 2 is 1.68 bits per heavy atom. The average molecular weight is 499 g/mol. The maximum absolute atomic E-state index is 10.8. The minimum Gasteiger partial charge on any atom is -0.487 e. The molecule has 2 N–H and O–H groups in total. The number of carbonyl (C=O) groups is 1. The molecule has 3 aromatic carbocycles. The molecule has 0 amide bonds. The van der Waals surface area contributed by atoms with Gasteiger partial charge in [0.25, 0.3) is 0 Å². The lowest BCUT2D eigenvalue weighted by Crippen LogP contribution is -2.13. The largest absolute Gasteiger partial charge is 0.487 e. The first-order chi connectivity index (χ1) is 18.1. The van der Waals surface area contributed by atoms with Gasteiger partial charge in [-0.05, 0) is 55.2 Å². The summed E-state index contributed by atoms with van der Waals surface area (Å²) < 4.78 is 11.7. The Labute approximate surface area is 216 Å². The van der Waals surface area contributed by atoms with Gasteiger partial charge in [-0.3, -0.25) is 15.1 Å². The Morgan fingerprint density at radius 1 is 0.973 bits per heavy atom. The first-order valence-corrected chi connectivity index (χ1v) is 12.2. The van der Waals surface area contributed by atoms with Crippen LogP contribution >= 0.6 is 0 Å². The third kappa shape index (κ3) is 7.81. The fraction of sp³-hybridized carbons (Fsp3) is 0.200. The second kappa shape index (κ2) is 13.1. The molecule has 1 aromatic heterocycles. The van der Waals surface area contributed by atoms with Crippen molar-refractivity contribution in [3.8, 4) is 17.2 Å². The Morgan fingerprint density at radius 3 is 2.38 bits per heavy atom. The molecule has 0 atom stereocenters. The second-order valence-corrected chi connectivity index (χ2v) is 8.48. The number of oxazole rings is 1. The molecule has 7 nitrogen and oxygen atoms in total. The Hall–Kier alpha value is -4.36. The predicted octanol–water partition coefficient (Wildman–Crippen LogP) is 6.55. The van der Waals surface area contributed by atoms with Crippen molar-refractivity contribution >= 4 is 11.7 Å². The van der Waals surface area contributed by atoms with E-state index in [-0.39, 0.29) is 6.42 Å². The number of unbranched alkanes of at least 4 members (excludes halogenated alkanes) is 1. The fourth-order valence-corrected chi connectivity index (χ4v) is 3.63. The van der Waals surface area contributed by atoms with E-state index < -0.39 is 5.97 Å². The van der Waals surface area contributed by atoms with Gasteiger partial charge in [-0.25, -0.2) is 4.98 Å². The SMILES string of the molecule is Cc1oc(-c2ccccc2)nc1COc1ccc(CONC(=CCCCC(=O)O)c2ccccc2)cc1. The van der Waals surface area contributed by atoms with E-state index in [0.717, 1.165) is 39.6 Å². The summed E-state index contributed by atoms with van der Waals surface area (Å²) in [5.41, 5.74) is 7.47. The zero-order valence-corrected chi connectivity index (χ0v) is 20.7. The Balaban J connectivity index is 1.28. The summed E-state index contributed by atoms with van der Waals surface area (Å²) in [6.07, 6.45) is 3.30. The van der Waals surface area contributed by atoms with Gasteiger partial charge in [-0.1, -0.05) is 66.7 Å². The smallest absolute Gasteiger partial charge is 0.303 e. The van der Waals surface area contributed by atoms with E-state index in [0.29, 0.717) is 31.9 Å². The monoisotopic (exact) mass is 498 g/mol. The van der Waals surface area contributed by atoms with Crippen LogP contribution in [-0.2, 0) is 22.8 Å². The first-order valence-electron chi connectivity index (χ1n) is 12.2. The van der Waals surface area contributed by atoms with Crippen molar-refractivity contribution in [2.24, 2.45) is 0 Å². The molecule has 1 heterocycles. The summed E-state index contributed by atoms with van der Waals surface area (Å²) in [6.45, 7) is 2.55. The maximum atomic E-state index is 10.8. The number of hydrogen-bond donors (Lipinski definition) is 2. The number of aliphatic carboxylic acids is 1. The molecule has 0 fully saturated rings. The number of hydrogen-bond acceptors (Lipinski definition) is 6. The number of ether oxygens (including phenoxy) is 1. The fourth-order valence-electron chi connectivity index (χ4n) is 3.63. The van der Waals surface area contributed by atoms with Crippen LogP contribution in [0.3, 0.4) is 0 Å². The number of carboxylic acid groups (broad SMARTS) is 1. The van der Waals surface area contributed by atoms with E-state index in [1.54, 1.807) is 0 Å². The highest BCUT2D eigenvalue weighted by Crippen LogP contribution is 2.23. The number of nitrogens with one attached hydrogen (secondary N) is 1. The molecule has 7 heteroatoms. The molecule has 0 spiro atoms. The third-order valence-corrected chi connectivity index (χ3v) is 5.66. The summed E-state index contributed by atoms with van der Waals surface area (Å²) in [4.78, 5) is 21.1. The number of hydroxylamine groups is 1. The van der Waals surface area contributed by atoms with Gasteiger partial charge in [0.2, 0.25) is 5.89 Å². The van der Waals surface area contributed by atoms with Gasteiger partial charge >= 0.3 is 5.97 Å². The minimum absolute atomic E-state index is 0.137. The van der Waals surface area contributed by atoms with E-state index in [2.05, 4.69) is 10.5 Å². The highest BCUT2D eigenvalue weighted by molar-refractivity contribution is 5.67. The highest BCUT2D eigenvalue weighted by atomic mass is 16.6. The van der Waals surface area contributed by atoms with Crippen LogP contribution in [-0.4, -0.2) is 16.1 Å². The van der Waals surface area contributed by atoms with Gasteiger partial charge in [-0.2, -0.15) is 0 Å². The normalized spacial score (nSPS) is 11.3. The summed E-state index contributed by atoms with van der Waals surface area (Å²) in [5.74, 6) is 1.26. The maximum Gasteiger partial charge on any atom is 0.303 e. The first kappa shape index (κ1) is 25.7. The van der Waals surface area contributed by atoms with Gasteiger partial charge in [0.05, 0.1) is 12.3 Å². The van der Waals surface area contributed by atoms with Crippen LogP contribution in [0.1, 0.15) is 41.8 Å². The average Bonchev–Trinajstić information content (AvgIpc) is 3.30. The quantitative estimate of drug-likeness (QED) is 0.160. The molecule has 0 bridgehead atoms. The zero-order chi connectivity index (χ0) is 25.9. The molecule has 4 aromatic rings. The number of nitrogens with zero attached hydrogens (tertiary/aromatic N) is 1. The van der Waals surface area contributed by atoms with Crippen LogP contribution in [0.2, 0.25) is 0 Å². The van der Waals surface area contributed by atoms with Gasteiger partial charge in [0, 0.05) is 12.0 Å². The lowest BCUT2D eigenvalue weighted by molar-refractivity contribution is -0.137. The van der Waals surface area contributed by atoms with Crippen LogP contribution in [0.15, 0.2) is 95.4 Å². The van der Waals surface area contributed by atoms with Crippen LogP contribution in [0.5, 0.6) is 5.75 Å². The molecular weight excluding hydrogens is 468 g/mol. The van der Waals surface area contributed by atoms with Crippen molar-refractivity contribution < 1.29 is 23.9 Å². The van der Waals surface area contributed by atoms with E-state index in [1.165, 1.54) is 0 Å². The molecule has 0 aliphatic heterocycles. The molecule has 0 aliphatic carbocycles. The molecular formula is C30H30N2O5. The molecule has 0 saturated carbocycles. The molecule has 0 radical (unpaired) electrons. The van der Waals surface area contributed by atoms with Crippen molar-refractivity contribution in [1.82, 2.24) is 10.5 Å². The standard InChI is InChI=1S/C30H30N2O5/c1-22-28(31-30(37-22)25-12-6-3-7-13-25)21-35-26-18-16-23(17-19-26)20-36-32-27(14-8-9-15-29(33)34)24-10-4-2-5-11-24/h2-7,10-14,16-19,32H,8-9,15,20-21H2,1H3,(H,33,34). The summed E-state index contributed by atoms with van der Waals surface area (Å²) in [5, 5.41) is 8.85. The molecule has 0 saturated heterocycles. The number of aromatic nitrogens is 1. The van der Waals surface area contributed by atoms with Crippen molar-refractivity contribution in [2.45, 2.75) is 39.4 Å². The van der Waals surface area contributed by atoms with E-state index in [1.807, 2.05) is 97.9 Å². The Kier molecular flexibility index (Phi) is 9.10. The highest BCUT2D eigenvalue weighted by Gasteiger charge is 2.12. The summed E-state index contributed by atoms with van der Waals surface area (Å²) in [6, 6.07) is 27.3. The summed E-state index contributed by atoms with van der Waals surface area (Å²) >= 11 is 0. The molecule has 190 valence electrons. The van der Waals surface area contributed by atoms with E-state index >= 15 is 0 Å². The van der Waals surface area contributed by atoms with Gasteiger partial charge in [0.15, 0.2) is 0 Å². The number of carboxylic acids is 1. The van der Waals surface area contributed by atoms with E-state index in [4.69, 9.17) is 19.1 Å². The summed E-state index contributed by atoms with van der Waals surface area (Å²) in [7, 11) is 0. The van der Waals surface area contributed by atoms with Gasteiger partial charge in [-0.15, -0.1) is 0 Å². The molecule has 0 unspecified atom stereocenters. The Bertz CT molecular complexity index is 1300. The molecule has 4 rings (SSSR count). The van der Waals surface area contributed by atoms with Crippen molar-refractivity contribution in [1.29, 1.82) is 0 Å². The number of rotatable bonds is 13. The third-order valence-electron chi connectivity index (χ3n) is 5.66. The zero-order valence-electron chi connectivity index (χ0n) is 20.7. The van der Waals surface area contributed by atoms with Crippen molar-refractivity contribution in [2.75, 3.05) is 0 Å². The number of benzene rings is 3. The van der Waals surface area contributed by atoms with Crippen molar-refractivity contribution in [3.05, 3.63) is 114 Å². The van der Waals surface area contributed by atoms with Crippen molar-refractivity contribution in [3.63, 3.8) is 0 Å². The minimum atomic E-state index is -0.792. The van der Waals surface area contributed by atoms with Crippen LogP contribution in [0.4, 0.5) is 0 Å². The predicted molar refractivity (Wildman–Crippen MR) is 141 cm³/mol. The van der Waals surface area contributed by atoms with E-state index in [9.17, 15) is 4.79 Å². The number of aryl methyl sites for hydroxylation is 1. The topological polar surface area (TPSA) is 93.8 Å². The lowest BCUT2D eigenvalue weighted by atomic mass is 10.1. The van der Waals surface area contributed by atoms with Gasteiger partial charge in [0.1, 0.15) is 23.8 Å². The molecule has 0 aliphatic rings.